The van der Waals surface area contributed by atoms with Crippen LogP contribution in [0.4, 0.5) is 10.6 Å². The molecule has 0 saturated carbocycles. The maximum atomic E-state index is 11.8. The molecule has 2 saturated heterocycles. The van der Waals surface area contributed by atoms with Crippen molar-refractivity contribution in [3.8, 4) is 17.0 Å². The van der Waals surface area contributed by atoms with Gasteiger partial charge in [-0.3, -0.25) is 9.88 Å². The van der Waals surface area contributed by atoms with Gasteiger partial charge in [0.05, 0.1) is 28.7 Å². The molecule has 10 heteroatoms. The van der Waals surface area contributed by atoms with Crippen molar-refractivity contribution in [3.05, 3.63) is 48.2 Å². The fraction of sp³-hybridized carbons (Fsp3) is 0.379. The van der Waals surface area contributed by atoms with E-state index in [1.165, 1.54) is 17.3 Å². The normalized spacial score (nSPS) is 18.7. The predicted molar refractivity (Wildman–Crippen MR) is 153 cm³/mol. The zero-order valence-electron chi connectivity index (χ0n) is 22.3. The van der Waals surface area contributed by atoms with Gasteiger partial charge in [-0.25, -0.2) is 14.8 Å². The molecule has 6 rings (SSSR count). The number of hydrogen-bond acceptors (Lipinski definition) is 8. The van der Waals surface area contributed by atoms with Crippen LogP contribution in [0.1, 0.15) is 25.3 Å². The molecule has 2 atom stereocenters. The van der Waals surface area contributed by atoms with Crippen LogP contribution in [0.5, 0.6) is 5.75 Å². The molecule has 2 unspecified atom stereocenters. The molecule has 2 bridgehead atoms. The van der Waals surface area contributed by atoms with Gasteiger partial charge in [-0.2, -0.15) is 0 Å². The van der Waals surface area contributed by atoms with E-state index in [-0.39, 0.29) is 18.9 Å². The lowest BCUT2D eigenvalue weighted by molar-refractivity contribution is 0.0512. The minimum Gasteiger partial charge on any atom is -0.468 e. The van der Waals surface area contributed by atoms with Gasteiger partial charge in [-0.05, 0) is 60.1 Å². The minimum atomic E-state index is -0.832. The molecule has 0 radical (unpaired) electrons. The van der Waals surface area contributed by atoms with Crippen LogP contribution in [0.3, 0.4) is 0 Å². The van der Waals surface area contributed by atoms with Crippen LogP contribution in [-0.4, -0.2) is 76.4 Å². The number of carboxylic acid groups (broad SMARTS) is 1. The Balaban J connectivity index is 1.47. The molecule has 2 aromatic heterocycles. The van der Waals surface area contributed by atoms with Gasteiger partial charge >= 0.3 is 6.09 Å². The Bertz CT molecular complexity index is 1550. The van der Waals surface area contributed by atoms with Gasteiger partial charge in [0.2, 0.25) is 0 Å². The van der Waals surface area contributed by atoms with Gasteiger partial charge in [0.1, 0.15) is 11.6 Å². The molecule has 202 valence electrons. The number of aryl methyl sites for hydroxylation is 1. The number of aromatic nitrogens is 3. The first-order valence-electron chi connectivity index (χ1n) is 13.2. The standard InChI is InChI=1S/C29H31N5O4S/c1-4-17-6-5-7-18-10-21(38-16-37-2)11-22(26(17)18)24-12-25-23(13-30-24)27(32-28(31-25)39-3)33-14-19-8-9-20(15-33)34(19)29(35)36/h5-7,10-13,19-20H,4,8-9,14-16H2,1-3H3,(H,35,36). The Morgan fingerprint density at radius 3 is 2.64 bits per heavy atom. The van der Waals surface area contributed by atoms with Crippen molar-refractivity contribution in [1.82, 2.24) is 19.9 Å². The van der Waals surface area contributed by atoms with E-state index in [9.17, 15) is 9.90 Å². The number of pyridine rings is 1. The number of carbonyl (C=O) groups is 1. The minimum absolute atomic E-state index is 0.0232. The molecule has 1 amide bonds. The Hall–Kier alpha value is -3.63. The molecule has 1 N–H and O–H groups in total. The van der Waals surface area contributed by atoms with Crippen LogP contribution in [0.15, 0.2) is 47.8 Å². The summed E-state index contributed by atoms with van der Waals surface area (Å²) in [6, 6.07) is 12.4. The van der Waals surface area contributed by atoms with Gasteiger partial charge in [0, 0.05) is 32.0 Å². The monoisotopic (exact) mass is 545 g/mol. The largest absolute Gasteiger partial charge is 0.468 e. The first kappa shape index (κ1) is 25.6. The van der Waals surface area contributed by atoms with Crippen LogP contribution < -0.4 is 9.64 Å². The van der Waals surface area contributed by atoms with Crippen LogP contribution in [-0.2, 0) is 11.2 Å². The fourth-order valence-electron chi connectivity index (χ4n) is 6.04. The third kappa shape index (κ3) is 4.61. The second-order valence-electron chi connectivity index (χ2n) is 9.99. The van der Waals surface area contributed by atoms with E-state index in [1.54, 1.807) is 12.0 Å². The van der Waals surface area contributed by atoms with Gasteiger partial charge in [0.15, 0.2) is 11.9 Å². The molecule has 4 aromatic rings. The predicted octanol–water partition coefficient (Wildman–Crippen LogP) is 5.44. The molecule has 39 heavy (non-hydrogen) atoms. The van der Waals surface area contributed by atoms with Gasteiger partial charge < -0.3 is 19.5 Å². The first-order valence-corrected chi connectivity index (χ1v) is 14.4. The summed E-state index contributed by atoms with van der Waals surface area (Å²) in [5, 5.41) is 13.5. The van der Waals surface area contributed by atoms with E-state index in [0.29, 0.717) is 18.2 Å². The lowest BCUT2D eigenvalue weighted by atomic mass is 9.95. The Morgan fingerprint density at radius 1 is 1.15 bits per heavy atom. The SMILES string of the molecule is CCc1cccc2cc(OCOC)cc(-c3cc4nc(SC)nc(N5CC6CCC(C5)N6C(=O)O)c4cn3)c12. The van der Waals surface area contributed by atoms with Crippen LogP contribution in [0.25, 0.3) is 32.9 Å². The lowest BCUT2D eigenvalue weighted by Crippen LogP contribution is -2.55. The number of piperazine rings is 1. The number of methoxy groups -OCH3 is 1. The smallest absolute Gasteiger partial charge is 0.407 e. The van der Waals surface area contributed by atoms with Gasteiger partial charge in [-0.15, -0.1) is 0 Å². The number of nitrogens with zero attached hydrogens (tertiary/aromatic N) is 5. The topological polar surface area (TPSA) is 101 Å². The summed E-state index contributed by atoms with van der Waals surface area (Å²) >= 11 is 1.50. The van der Waals surface area contributed by atoms with Crippen LogP contribution in [0, 0.1) is 0 Å². The molecule has 4 heterocycles. The highest BCUT2D eigenvalue weighted by atomic mass is 32.2. The second kappa shape index (κ2) is 10.5. The summed E-state index contributed by atoms with van der Waals surface area (Å²) < 4.78 is 11.0. The maximum Gasteiger partial charge on any atom is 0.407 e. The quantitative estimate of drug-likeness (QED) is 0.185. The van der Waals surface area contributed by atoms with E-state index < -0.39 is 6.09 Å². The van der Waals surface area contributed by atoms with Crippen molar-refractivity contribution < 1.29 is 19.4 Å². The number of ether oxygens (including phenoxy) is 2. The fourth-order valence-corrected chi connectivity index (χ4v) is 6.41. The van der Waals surface area contributed by atoms with Gasteiger partial charge in [-0.1, -0.05) is 36.9 Å². The summed E-state index contributed by atoms with van der Waals surface area (Å²) in [6.07, 6.45) is 5.64. The molecule has 0 spiro atoms. The third-order valence-electron chi connectivity index (χ3n) is 7.76. The second-order valence-corrected chi connectivity index (χ2v) is 10.8. The lowest BCUT2D eigenvalue weighted by Gasteiger charge is -2.40. The molecule has 2 aliphatic rings. The first-order chi connectivity index (χ1) is 19.0. The average Bonchev–Trinajstić information content (AvgIpc) is 3.24. The molecular formula is C29H31N5O4S. The van der Waals surface area contributed by atoms with Gasteiger partial charge in [0.25, 0.3) is 0 Å². The van der Waals surface area contributed by atoms with Crippen molar-refractivity contribution >= 4 is 45.3 Å². The summed E-state index contributed by atoms with van der Waals surface area (Å²) in [5.41, 5.74) is 3.84. The van der Waals surface area contributed by atoms with Crippen LogP contribution >= 0.6 is 11.8 Å². The number of fused-ring (bicyclic) bond motifs is 4. The number of rotatable bonds is 7. The van der Waals surface area contributed by atoms with Crippen molar-refractivity contribution in [2.45, 2.75) is 43.4 Å². The number of benzene rings is 2. The van der Waals surface area contributed by atoms with Crippen molar-refractivity contribution in [2.24, 2.45) is 0 Å². The maximum absolute atomic E-state index is 11.8. The molecule has 2 aromatic carbocycles. The number of thioether (sulfide) groups is 1. The highest BCUT2D eigenvalue weighted by molar-refractivity contribution is 7.98. The molecule has 9 nitrogen and oxygen atoms in total. The highest BCUT2D eigenvalue weighted by Crippen LogP contribution is 2.38. The van der Waals surface area contributed by atoms with E-state index in [1.807, 2.05) is 30.7 Å². The van der Waals surface area contributed by atoms with Crippen LogP contribution in [0.2, 0.25) is 0 Å². The molecule has 2 aliphatic heterocycles. The number of hydrogen-bond donors (Lipinski definition) is 1. The Morgan fingerprint density at radius 2 is 1.95 bits per heavy atom. The summed E-state index contributed by atoms with van der Waals surface area (Å²) in [7, 11) is 1.61. The van der Waals surface area contributed by atoms with Crippen molar-refractivity contribution in [2.75, 3.05) is 38.1 Å². The Kier molecular flexibility index (Phi) is 6.90. The summed E-state index contributed by atoms with van der Waals surface area (Å²) in [4.78, 5) is 30.3. The third-order valence-corrected chi connectivity index (χ3v) is 8.31. The van der Waals surface area contributed by atoms with E-state index in [2.05, 4.69) is 30.0 Å². The number of amides is 1. The van der Waals surface area contributed by atoms with Crippen molar-refractivity contribution in [1.29, 1.82) is 0 Å². The zero-order valence-corrected chi connectivity index (χ0v) is 23.1. The average molecular weight is 546 g/mol. The van der Waals surface area contributed by atoms with E-state index >= 15 is 0 Å². The highest BCUT2D eigenvalue weighted by Gasteiger charge is 2.43. The molecule has 0 aliphatic carbocycles. The Labute approximate surface area is 231 Å². The molecular weight excluding hydrogens is 514 g/mol. The summed E-state index contributed by atoms with van der Waals surface area (Å²) in [5.74, 6) is 1.54. The number of anilines is 1. The zero-order chi connectivity index (χ0) is 27.1. The summed E-state index contributed by atoms with van der Waals surface area (Å²) in [6.45, 7) is 3.55. The van der Waals surface area contributed by atoms with Crippen molar-refractivity contribution in [3.63, 3.8) is 0 Å². The van der Waals surface area contributed by atoms with E-state index in [4.69, 9.17) is 24.4 Å². The van der Waals surface area contributed by atoms with E-state index in [0.717, 1.165) is 63.8 Å². The molecule has 2 fully saturated rings.